The van der Waals surface area contributed by atoms with Gasteiger partial charge in [0.15, 0.2) is 0 Å². The molecule has 6 nitrogen and oxygen atoms in total. The van der Waals surface area contributed by atoms with E-state index < -0.39 is 0 Å². The Hall–Kier alpha value is -0.980. The van der Waals surface area contributed by atoms with E-state index in [-0.39, 0.29) is 0 Å². The summed E-state index contributed by atoms with van der Waals surface area (Å²) in [6.45, 7) is 11.0. The minimum Gasteiger partial charge on any atom is -0.377 e. The quantitative estimate of drug-likeness (QED) is 0.696. The zero-order valence-corrected chi connectivity index (χ0v) is 13.4. The highest BCUT2D eigenvalue weighted by Crippen LogP contribution is 2.12. The van der Waals surface area contributed by atoms with Crippen LogP contribution in [0.15, 0.2) is 6.20 Å². The molecule has 1 aromatic heterocycles. The summed E-state index contributed by atoms with van der Waals surface area (Å²) in [5.41, 5.74) is 1.02. The van der Waals surface area contributed by atoms with Gasteiger partial charge in [0, 0.05) is 32.4 Å². The van der Waals surface area contributed by atoms with Crippen molar-refractivity contribution in [2.75, 3.05) is 32.8 Å². The fraction of sp³-hybridized carbons (Fsp3) is 0.867. The molecule has 120 valence electrons. The molecular weight excluding hydrogens is 266 g/mol. The lowest BCUT2D eigenvalue weighted by Crippen LogP contribution is -2.41. The van der Waals surface area contributed by atoms with Gasteiger partial charge in [-0.15, -0.1) is 5.10 Å². The van der Waals surface area contributed by atoms with Gasteiger partial charge >= 0.3 is 0 Å². The third-order valence-corrected chi connectivity index (χ3v) is 3.83. The van der Waals surface area contributed by atoms with Gasteiger partial charge in [0.25, 0.3) is 0 Å². The molecule has 0 bridgehead atoms. The zero-order chi connectivity index (χ0) is 14.9. The average molecular weight is 295 g/mol. The Balaban J connectivity index is 1.70. The Morgan fingerprint density at radius 2 is 2.29 bits per heavy atom. The number of nitrogens with one attached hydrogen (secondary N) is 1. The van der Waals surface area contributed by atoms with Gasteiger partial charge in [-0.25, -0.2) is 0 Å². The predicted molar refractivity (Wildman–Crippen MR) is 83.1 cm³/mol. The standard InChI is InChI=1S/C15H29N5O/c1-3-7-16-11-14-12-20(18-17-14)10-9-19-8-5-6-15(13-19)21-4-2/h12,15-16H,3-11,13H2,1-2H3. The Morgan fingerprint density at radius 3 is 3.10 bits per heavy atom. The summed E-state index contributed by atoms with van der Waals surface area (Å²) in [4.78, 5) is 2.47. The van der Waals surface area contributed by atoms with E-state index in [0.29, 0.717) is 6.10 Å². The third-order valence-electron chi connectivity index (χ3n) is 3.83. The number of likely N-dealkylation sites (tertiary alicyclic amines) is 1. The fourth-order valence-corrected chi connectivity index (χ4v) is 2.75. The first-order valence-electron chi connectivity index (χ1n) is 8.25. The molecule has 1 aromatic rings. The van der Waals surface area contributed by atoms with Crippen LogP contribution < -0.4 is 5.32 Å². The van der Waals surface area contributed by atoms with E-state index in [9.17, 15) is 0 Å². The van der Waals surface area contributed by atoms with E-state index in [1.54, 1.807) is 0 Å². The highest BCUT2D eigenvalue weighted by molar-refractivity contribution is 4.91. The van der Waals surface area contributed by atoms with Gasteiger partial charge in [-0.1, -0.05) is 12.1 Å². The smallest absolute Gasteiger partial charge is 0.0964 e. The molecule has 2 heterocycles. The van der Waals surface area contributed by atoms with Crippen molar-refractivity contribution in [2.45, 2.75) is 52.3 Å². The van der Waals surface area contributed by atoms with E-state index in [1.165, 1.54) is 19.4 Å². The van der Waals surface area contributed by atoms with Gasteiger partial charge in [-0.3, -0.25) is 9.58 Å². The molecule has 0 saturated carbocycles. The number of hydrogen-bond donors (Lipinski definition) is 1. The van der Waals surface area contributed by atoms with Crippen LogP contribution in [0.1, 0.15) is 38.8 Å². The number of piperidine rings is 1. The first-order valence-corrected chi connectivity index (χ1v) is 8.25. The zero-order valence-electron chi connectivity index (χ0n) is 13.4. The van der Waals surface area contributed by atoms with Crippen LogP contribution in [0.5, 0.6) is 0 Å². The summed E-state index contributed by atoms with van der Waals surface area (Å²) in [6, 6.07) is 0. The Morgan fingerprint density at radius 1 is 1.38 bits per heavy atom. The van der Waals surface area contributed by atoms with Crippen molar-refractivity contribution in [2.24, 2.45) is 0 Å². The van der Waals surface area contributed by atoms with Crippen molar-refractivity contribution in [3.05, 3.63) is 11.9 Å². The molecule has 0 spiro atoms. The molecule has 21 heavy (non-hydrogen) atoms. The molecule has 1 saturated heterocycles. The highest BCUT2D eigenvalue weighted by Gasteiger charge is 2.19. The van der Waals surface area contributed by atoms with E-state index in [0.717, 1.165) is 51.4 Å². The van der Waals surface area contributed by atoms with Crippen LogP contribution in [0.3, 0.4) is 0 Å². The van der Waals surface area contributed by atoms with E-state index in [2.05, 4.69) is 34.4 Å². The van der Waals surface area contributed by atoms with Crippen LogP contribution >= 0.6 is 0 Å². The van der Waals surface area contributed by atoms with Crippen LogP contribution in [0.4, 0.5) is 0 Å². The molecule has 6 heteroatoms. The molecular formula is C15H29N5O. The van der Waals surface area contributed by atoms with E-state index in [4.69, 9.17) is 4.74 Å². The second-order valence-electron chi connectivity index (χ2n) is 5.67. The maximum absolute atomic E-state index is 5.74. The fourth-order valence-electron chi connectivity index (χ4n) is 2.75. The van der Waals surface area contributed by atoms with Gasteiger partial charge in [0.1, 0.15) is 0 Å². The second-order valence-corrected chi connectivity index (χ2v) is 5.67. The Labute approximate surface area is 127 Å². The molecule has 0 aliphatic carbocycles. The van der Waals surface area contributed by atoms with Crippen molar-refractivity contribution in [3.63, 3.8) is 0 Å². The van der Waals surface area contributed by atoms with E-state index >= 15 is 0 Å². The van der Waals surface area contributed by atoms with Crippen molar-refractivity contribution in [1.82, 2.24) is 25.2 Å². The maximum Gasteiger partial charge on any atom is 0.0964 e. The first-order chi connectivity index (χ1) is 10.3. The van der Waals surface area contributed by atoms with Crippen molar-refractivity contribution >= 4 is 0 Å². The summed E-state index contributed by atoms with van der Waals surface area (Å²) in [5.74, 6) is 0. The largest absolute Gasteiger partial charge is 0.377 e. The van der Waals surface area contributed by atoms with E-state index in [1.807, 2.05) is 10.9 Å². The Bertz CT molecular complexity index is 393. The van der Waals surface area contributed by atoms with Crippen LogP contribution in [0, 0.1) is 0 Å². The number of rotatable bonds is 9. The lowest BCUT2D eigenvalue weighted by molar-refractivity contribution is 0.00489. The molecule has 1 unspecified atom stereocenters. The molecule has 0 amide bonds. The SMILES string of the molecule is CCCNCc1cn(CCN2CCCC(OCC)C2)nn1. The van der Waals surface area contributed by atoms with Crippen molar-refractivity contribution in [1.29, 1.82) is 0 Å². The summed E-state index contributed by atoms with van der Waals surface area (Å²) in [6.07, 6.45) is 6.03. The summed E-state index contributed by atoms with van der Waals surface area (Å²) in [7, 11) is 0. The normalized spacial score (nSPS) is 20.0. The minimum absolute atomic E-state index is 0.410. The molecule has 1 N–H and O–H groups in total. The minimum atomic E-state index is 0.410. The van der Waals surface area contributed by atoms with Gasteiger partial charge in [-0.2, -0.15) is 0 Å². The molecule has 1 aliphatic heterocycles. The first kappa shape index (κ1) is 16.4. The lowest BCUT2D eigenvalue weighted by Gasteiger charge is -2.32. The lowest BCUT2D eigenvalue weighted by atomic mass is 10.1. The number of nitrogens with zero attached hydrogens (tertiary/aromatic N) is 4. The van der Waals surface area contributed by atoms with Crippen molar-refractivity contribution in [3.8, 4) is 0 Å². The molecule has 1 fully saturated rings. The van der Waals surface area contributed by atoms with Crippen molar-refractivity contribution < 1.29 is 4.74 Å². The van der Waals surface area contributed by atoms with Gasteiger partial charge in [0.2, 0.25) is 0 Å². The Kier molecular flexibility index (Phi) is 7.12. The third kappa shape index (κ3) is 5.73. The van der Waals surface area contributed by atoms with Crippen LogP contribution in [0.2, 0.25) is 0 Å². The number of hydrogen-bond acceptors (Lipinski definition) is 5. The number of ether oxygens (including phenoxy) is 1. The number of aromatic nitrogens is 3. The predicted octanol–water partition coefficient (Wildman–Crippen LogP) is 1.28. The van der Waals surface area contributed by atoms with Gasteiger partial charge < -0.3 is 10.1 Å². The molecule has 2 rings (SSSR count). The second kappa shape index (κ2) is 9.12. The monoisotopic (exact) mass is 295 g/mol. The summed E-state index contributed by atoms with van der Waals surface area (Å²) < 4.78 is 7.69. The molecule has 1 aliphatic rings. The van der Waals surface area contributed by atoms with Crippen LogP contribution in [-0.4, -0.2) is 58.8 Å². The molecule has 0 radical (unpaired) electrons. The topological polar surface area (TPSA) is 55.2 Å². The summed E-state index contributed by atoms with van der Waals surface area (Å²) in [5, 5.41) is 11.8. The van der Waals surface area contributed by atoms with Crippen LogP contribution in [-0.2, 0) is 17.8 Å². The molecule has 1 atom stereocenters. The molecule has 0 aromatic carbocycles. The van der Waals surface area contributed by atoms with Gasteiger partial charge in [-0.05, 0) is 39.3 Å². The van der Waals surface area contributed by atoms with Crippen LogP contribution in [0.25, 0.3) is 0 Å². The average Bonchev–Trinajstić information content (AvgIpc) is 2.94. The summed E-state index contributed by atoms with van der Waals surface area (Å²) >= 11 is 0. The van der Waals surface area contributed by atoms with Gasteiger partial charge in [0.05, 0.1) is 18.3 Å². The maximum atomic E-state index is 5.74. The highest BCUT2D eigenvalue weighted by atomic mass is 16.5.